The number of nitrogens with zero attached hydrogens (tertiary/aromatic N) is 4. The highest BCUT2D eigenvalue weighted by Crippen LogP contribution is 2.32. The van der Waals surface area contributed by atoms with Crippen LogP contribution >= 0.6 is 0 Å². The maximum atomic E-state index is 12.8. The molecule has 3 heterocycles. The largest absolute Gasteiger partial charge is 0.490 e. The molecule has 1 N–H and O–H groups in total. The van der Waals surface area contributed by atoms with E-state index in [0.29, 0.717) is 11.6 Å². The molecule has 0 spiro atoms. The minimum atomic E-state index is -5.08. The minimum absolute atomic E-state index is 0.0463. The molecule has 0 aliphatic carbocycles. The monoisotopic (exact) mass is 418 g/mol. The Kier molecular flexibility index (Phi) is 7.91. The Balaban J connectivity index is 0.000000370. The predicted octanol–water partition coefficient (Wildman–Crippen LogP) is 1.82. The van der Waals surface area contributed by atoms with Crippen molar-refractivity contribution in [3.05, 3.63) is 24.0 Å². The highest BCUT2D eigenvalue weighted by atomic mass is 19.4. The lowest BCUT2D eigenvalue weighted by Crippen LogP contribution is -2.48. The highest BCUT2D eigenvalue weighted by molar-refractivity contribution is 5.94. The van der Waals surface area contributed by atoms with Crippen LogP contribution in [0.5, 0.6) is 0 Å². The predicted molar refractivity (Wildman–Crippen MR) is 96.2 cm³/mol. The number of hydrogen-bond acceptors (Lipinski definition) is 6. The van der Waals surface area contributed by atoms with Crippen molar-refractivity contribution in [1.29, 1.82) is 0 Å². The van der Waals surface area contributed by atoms with Gasteiger partial charge in [-0.05, 0) is 32.0 Å². The van der Waals surface area contributed by atoms with Crippen molar-refractivity contribution in [3.63, 3.8) is 0 Å². The van der Waals surface area contributed by atoms with Crippen LogP contribution in [0, 0.1) is 0 Å². The van der Waals surface area contributed by atoms with Crippen LogP contribution in [0.3, 0.4) is 0 Å². The van der Waals surface area contributed by atoms with E-state index in [9.17, 15) is 18.0 Å². The number of likely N-dealkylation sites (tertiary alicyclic amines) is 1. The van der Waals surface area contributed by atoms with Gasteiger partial charge in [0.2, 0.25) is 0 Å². The number of halogens is 3. The summed E-state index contributed by atoms with van der Waals surface area (Å²) in [4.78, 5) is 26.1. The number of carbonyl (C=O) groups excluding carboxylic acids is 1. The Morgan fingerprint density at radius 2 is 1.97 bits per heavy atom. The first-order chi connectivity index (χ1) is 13.7. The van der Waals surface area contributed by atoms with E-state index >= 15 is 0 Å². The molecular formula is C18H25F3N4O4. The molecule has 0 radical (unpaired) electrons. The first-order valence-corrected chi connectivity index (χ1v) is 9.44. The van der Waals surface area contributed by atoms with E-state index in [1.54, 1.807) is 18.5 Å². The number of amides is 1. The Hall–Kier alpha value is -2.27. The molecule has 2 fully saturated rings. The van der Waals surface area contributed by atoms with Crippen LogP contribution < -0.4 is 0 Å². The molecular weight excluding hydrogens is 393 g/mol. The molecule has 0 bridgehead atoms. The number of fused-ring (bicyclic) bond motifs is 1. The second kappa shape index (κ2) is 9.97. The SMILES string of the molecule is CCN(CC)[C@@H]1CN(C(=O)c2ccnnc2)[C@@H]2CCCO[C@H]12.O=C(O)C(F)(F)F. The van der Waals surface area contributed by atoms with E-state index < -0.39 is 12.1 Å². The molecule has 2 saturated heterocycles. The van der Waals surface area contributed by atoms with E-state index in [2.05, 4.69) is 28.9 Å². The van der Waals surface area contributed by atoms with Gasteiger partial charge >= 0.3 is 12.1 Å². The summed E-state index contributed by atoms with van der Waals surface area (Å²) in [6.45, 7) is 7.83. The zero-order valence-corrected chi connectivity index (χ0v) is 16.3. The first-order valence-electron chi connectivity index (χ1n) is 9.44. The number of carboxylic acid groups (broad SMARTS) is 1. The summed E-state index contributed by atoms with van der Waals surface area (Å²) < 4.78 is 37.8. The quantitative estimate of drug-likeness (QED) is 0.797. The lowest BCUT2D eigenvalue weighted by molar-refractivity contribution is -0.192. The standard InChI is InChI=1S/C16H24N4O2.C2HF3O2/c1-3-19(4-2)14-11-20(13-6-5-9-22-15(13)14)16(21)12-7-8-17-18-10-12;3-2(4,5)1(6)7/h7-8,10,13-15H,3-6,9,11H2,1-2H3;(H,6,7)/t13-,14-,15+;/m1./s1. The lowest BCUT2D eigenvalue weighted by atomic mass is 10.00. The fourth-order valence-electron chi connectivity index (χ4n) is 3.76. The molecule has 11 heteroatoms. The number of carbonyl (C=O) groups is 2. The molecule has 1 aromatic rings. The third-order valence-corrected chi connectivity index (χ3v) is 5.11. The molecule has 1 aromatic heterocycles. The number of aromatic nitrogens is 2. The lowest BCUT2D eigenvalue weighted by Gasteiger charge is -2.34. The summed E-state index contributed by atoms with van der Waals surface area (Å²) in [6, 6.07) is 2.21. The zero-order valence-electron chi connectivity index (χ0n) is 16.3. The van der Waals surface area contributed by atoms with Crippen molar-refractivity contribution in [1.82, 2.24) is 20.0 Å². The molecule has 29 heavy (non-hydrogen) atoms. The third-order valence-electron chi connectivity index (χ3n) is 5.11. The van der Waals surface area contributed by atoms with Crippen LogP contribution in [0.2, 0.25) is 0 Å². The fraction of sp³-hybridized carbons (Fsp3) is 0.667. The summed E-state index contributed by atoms with van der Waals surface area (Å²) >= 11 is 0. The second-order valence-corrected chi connectivity index (χ2v) is 6.73. The van der Waals surface area contributed by atoms with Crippen LogP contribution in [0.15, 0.2) is 18.5 Å². The van der Waals surface area contributed by atoms with Crippen molar-refractivity contribution in [2.45, 2.75) is 51.1 Å². The summed E-state index contributed by atoms with van der Waals surface area (Å²) in [5.74, 6) is -2.71. The first kappa shape index (κ1) is 23.0. The van der Waals surface area contributed by atoms with Crippen molar-refractivity contribution in [2.24, 2.45) is 0 Å². The van der Waals surface area contributed by atoms with Crippen LogP contribution in [0.25, 0.3) is 0 Å². The fourth-order valence-corrected chi connectivity index (χ4v) is 3.76. The van der Waals surface area contributed by atoms with E-state index in [-0.39, 0.29) is 18.1 Å². The van der Waals surface area contributed by atoms with E-state index in [1.165, 1.54) is 0 Å². The highest BCUT2D eigenvalue weighted by Gasteiger charge is 2.47. The van der Waals surface area contributed by atoms with E-state index in [4.69, 9.17) is 14.6 Å². The molecule has 2 aliphatic heterocycles. The molecule has 2 aliphatic rings. The Morgan fingerprint density at radius 3 is 2.48 bits per heavy atom. The molecule has 0 saturated carbocycles. The van der Waals surface area contributed by atoms with Crippen LogP contribution in [-0.2, 0) is 9.53 Å². The van der Waals surface area contributed by atoms with Gasteiger partial charge in [-0.2, -0.15) is 23.4 Å². The average molecular weight is 418 g/mol. The van der Waals surface area contributed by atoms with Gasteiger partial charge in [0.25, 0.3) is 5.91 Å². The number of alkyl halides is 3. The number of hydrogen-bond donors (Lipinski definition) is 1. The van der Waals surface area contributed by atoms with Gasteiger partial charge < -0.3 is 14.7 Å². The molecule has 0 unspecified atom stereocenters. The van der Waals surface area contributed by atoms with Gasteiger partial charge in [-0.3, -0.25) is 9.69 Å². The van der Waals surface area contributed by atoms with Crippen molar-refractivity contribution in [2.75, 3.05) is 26.2 Å². The Labute approximate surface area is 166 Å². The Bertz CT molecular complexity index is 685. The normalized spacial score (nSPS) is 23.9. The van der Waals surface area contributed by atoms with Gasteiger partial charge in [-0.25, -0.2) is 4.79 Å². The molecule has 3 rings (SSSR count). The number of ether oxygens (including phenoxy) is 1. The zero-order chi connectivity index (χ0) is 21.6. The maximum Gasteiger partial charge on any atom is 0.490 e. The van der Waals surface area contributed by atoms with Gasteiger partial charge in [0.1, 0.15) is 0 Å². The van der Waals surface area contributed by atoms with Crippen molar-refractivity contribution < 1.29 is 32.6 Å². The minimum Gasteiger partial charge on any atom is -0.475 e. The van der Waals surface area contributed by atoms with Crippen LogP contribution in [0.4, 0.5) is 13.2 Å². The maximum absolute atomic E-state index is 12.8. The molecule has 162 valence electrons. The van der Waals surface area contributed by atoms with Gasteiger partial charge in [-0.1, -0.05) is 13.8 Å². The topological polar surface area (TPSA) is 95.9 Å². The summed E-state index contributed by atoms with van der Waals surface area (Å²) in [5, 5.41) is 14.7. The average Bonchev–Trinajstić information content (AvgIpc) is 3.08. The van der Waals surface area contributed by atoms with Crippen molar-refractivity contribution >= 4 is 11.9 Å². The van der Waals surface area contributed by atoms with E-state index in [1.807, 2.05) is 4.90 Å². The molecule has 8 nitrogen and oxygen atoms in total. The number of rotatable bonds is 4. The summed E-state index contributed by atoms with van der Waals surface area (Å²) in [5.41, 5.74) is 0.611. The van der Waals surface area contributed by atoms with Crippen molar-refractivity contribution in [3.8, 4) is 0 Å². The van der Waals surface area contributed by atoms with Gasteiger partial charge in [0, 0.05) is 13.2 Å². The molecule has 3 atom stereocenters. The number of carboxylic acids is 1. The summed E-state index contributed by atoms with van der Waals surface area (Å²) in [7, 11) is 0. The van der Waals surface area contributed by atoms with Crippen LogP contribution in [0.1, 0.15) is 37.0 Å². The van der Waals surface area contributed by atoms with Gasteiger partial charge in [0.05, 0.1) is 36.1 Å². The Morgan fingerprint density at radius 1 is 1.31 bits per heavy atom. The third kappa shape index (κ3) is 5.63. The number of likely N-dealkylation sites (N-methyl/N-ethyl adjacent to an activating group) is 1. The summed E-state index contributed by atoms with van der Waals surface area (Å²) in [6.07, 6.45) is 0.204. The number of aliphatic carboxylic acids is 1. The van der Waals surface area contributed by atoms with E-state index in [0.717, 1.165) is 39.1 Å². The van der Waals surface area contributed by atoms with Gasteiger partial charge in [0.15, 0.2) is 0 Å². The van der Waals surface area contributed by atoms with Crippen LogP contribution in [-0.4, -0.2) is 87.6 Å². The van der Waals surface area contributed by atoms with Gasteiger partial charge in [-0.15, -0.1) is 0 Å². The molecule has 1 amide bonds. The molecule has 0 aromatic carbocycles. The second-order valence-electron chi connectivity index (χ2n) is 6.73. The smallest absolute Gasteiger partial charge is 0.475 e.